The van der Waals surface area contributed by atoms with Crippen molar-refractivity contribution >= 4 is 9.84 Å². The number of hydrogen-bond donors (Lipinski definition) is 2. The van der Waals surface area contributed by atoms with Crippen LogP contribution in [0.25, 0.3) is 11.3 Å². The molecule has 1 heterocycles. The molecule has 0 aliphatic rings. The van der Waals surface area contributed by atoms with Crippen LogP contribution in [0.1, 0.15) is 0 Å². The van der Waals surface area contributed by atoms with Gasteiger partial charge in [0.2, 0.25) is 9.84 Å². The van der Waals surface area contributed by atoms with Gasteiger partial charge in [-0.15, -0.1) is 0 Å². The molecule has 1 aromatic heterocycles. The van der Waals surface area contributed by atoms with Gasteiger partial charge in [0, 0.05) is 11.6 Å². The van der Waals surface area contributed by atoms with Gasteiger partial charge in [-0.05, 0) is 36.4 Å². The van der Waals surface area contributed by atoms with Gasteiger partial charge >= 0.3 is 0 Å². The van der Waals surface area contributed by atoms with E-state index in [4.69, 9.17) is 0 Å². The van der Waals surface area contributed by atoms with E-state index >= 15 is 0 Å². The van der Waals surface area contributed by atoms with Crippen molar-refractivity contribution in [1.29, 1.82) is 0 Å². The number of halogens is 2. The highest BCUT2D eigenvalue weighted by Gasteiger charge is 2.22. The maximum Gasteiger partial charge on any atom is 0.223 e. The lowest BCUT2D eigenvalue weighted by molar-refractivity contribution is 0.430. The van der Waals surface area contributed by atoms with Crippen molar-refractivity contribution in [2.45, 2.75) is 9.92 Å². The summed E-state index contributed by atoms with van der Waals surface area (Å²) < 4.78 is 52.3. The Bertz CT molecular complexity index is 1070. The summed E-state index contributed by atoms with van der Waals surface area (Å²) in [4.78, 5) is 3.58. The second-order valence-corrected chi connectivity index (χ2v) is 7.01. The third-order valence-electron chi connectivity index (χ3n) is 3.48. The van der Waals surface area contributed by atoms with Crippen LogP contribution in [0.15, 0.2) is 64.5 Å². The molecule has 8 heteroatoms. The summed E-state index contributed by atoms with van der Waals surface area (Å²) in [5.41, 5.74) is -0.0696. The molecule has 25 heavy (non-hydrogen) atoms. The van der Waals surface area contributed by atoms with Gasteiger partial charge in [-0.1, -0.05) is 12.1 Å². The van der Waals surface area contributed by atoms with E-state index in [0.29, 0.717) is 0 Å². The van der Waals surface area contributed by atoms with Crippen molar-refractivity contribution in [3.05, 3.63) is 66.2 Å². The van der Waals surface area contributed by atoms with Gasteiger partial charge in [0.05, 0.1) is 10.6 Å². The van der Waals surface area contributed by atoms with E-state index in [1.54, 1.807) is 0 Å². The Balaban J connectivity index is 2.12. The molecule has 0 bridgehead atoms. The largest absolute Gasteiger partial charge is 0.505 e. The molecule has 0 fully saturated rings. The lowest BCUT2D eigenvalue weighted by atomic mass is 10.1. The smallest absolute Gasteiger partial charge is 0.223 e. The molecule has 0 unspecified atom stereocenters. The van der Waals surface area contributed by atoms with Gasteiger partial charge in [0.1, 0.15) is 0 Å². The molecule has 0 saturated carbocycles. The highest BCUT2D eigenvalue weighted by Crippen LogP contribution is 2.29. The SMILES string of the molecule is O=S(=O)(c1ccc(F)c(O)c1)c1cccc(-c2cccc(O)c2F)n1. The molecule has 0 amide bonds. The number of hydrogen-bond acceptors (Lipinski definition) is 5. The first kappa shape index (κ1) is 16.8. The standard InChI is InChI=1S/C17H11F2NO4S/c18-12-8-7-10(9-15(12)22)25(23,24)16-6-2-4-13(20-16)11-3-1-5-14(21)17(11)19/h1-9,21-22H. The van der Waals surface area contributed by atoms with Crippen LogP contribution < -0.4 is 0 Å². The zero-order chi connectivity index (χ0) is 18.2. The fourth-order valence-corrected chi connectivity index (χ4v) is 3.44. The topological polar surface area (TPSA) is 87.5 Å². The second-order valence-electron chi connectivity index (χ2n) is 5.12. The molecule has 128 valence electrons. The minimum atomic E-state index is -4.15. The summed E-state index contributed by atoms with van der Waals surface area (Å²) in [5, 5.41) is 18.4. The summed E-state index contributed by atoms with van der Waals surface area (Å²) in [7, 11) is -4.15. The van der Waals surface area contributed by atoms with E-state index in [9.17, 15) is 27.4 Å². The van der Waals surface area contributed by atoms with E-state index in [2.05, 4.69) is 4.98 Å². The minimum Gasteiger partial charge on any atom is -0.505 e. The summed E-state index contributed by atoms with van der Waals surface area (Å²) in [5.74, 6) is -3.28. The highest BCUT2D eigenvalue weighted by atomic mass is 32.2. The van der Waals surface area contributed by atoms with Gasteiger partial charge in [-0.2, -0.15) is 0 Å². The number of aromatic nitrogens is 1. The summed E-state index contributed by atoms with van der Waals surface area (Å²) in [6, 6.07) is 10.4. The molecule has 0 radical (unpaired) electrons. The number of phenols is 2. The predicted molar refractivity (Wildman–Crippen MR) is 84.8 cm³/mol. The zero-order valence-corrected chi connectivity index (χ0v) is 13.3. The third-order valence-corrected chi connectivity index (χ3v) is 5.13. The molecule has 0 aliphatic heterocycles. The number of nitrogens with zero attached hydrogens (tertiary/aromatic N) is 1. The van der Waals surface area contributed by atoms with Gasteiger partial charge in [0.15, 0.2) is 28.2 Å². The zero-order valence-electron chi connectivity index (χ0n) is 12.5. The van der Waals surface area contributed by atoms with Gasteiger partial charge < -0.3 is 10.2 Å². The third kappa shape index (κ3) is 3.03. The number of aromatic hydroxyl groups is 2. The van der Waals surface area contributed by atoms with E-state index < -0.39 is 38.0 Å². The molecule has 0 atom stereocenters. The maximum atomic E-state index is 14.0. The normalized spacial score (nSPS) is 11.4. The number of benzene rings is 2. The maximum absolute atomic E-state index is 14.0. The highest BCUT2D eigenvalue weighted by molar-refractivity contribution is 7.91. The fraction of sp³-hybridized carbons (Fsp3) is 0. The second kappa shape index (κ2) is 6.14. The quantitative estimate of drug-likeness (QED) is 0.698. The van der Waals surface area contributed by atoms with E-state index in [0.717, 1.165) is 24.3 Å². The van der Waals surface area contributed by atoms with Crippen LogP contribution in [0.2, 0.25) is 0 Å². The molecule has 3 rings (SSSR count). The fourth-order valence-electron chi connectivity index (χ4n) is 2.21. The average Bonchev–Trinajstić information content (AvgIpc) is 2.59. The Morgan fingerprint density at radius 1 is 0.880 bits per heavy atom. The van der Waals surface area contributed by atoms with Gasteiger partial charge in [0.25, 0.3) is 0 Å². The summed E-state index contributed by atoms with van der Waals surface area (Å²) >= 11 is 0. The number of sulfone groups is 1. The van der Waals surface area contributed by atoms with Crippen LogP contribution in [0.4, 0.5) is 8.78 Å². The van der Waals surface area contributed by atoms with Crippen LogP contribution in [0.3, 0.4) is 0 Å². The first-order valence-electron chi connectivity index (χ1n) is 6.99. The molecule has 3 aromatic rings. The van der Waals surface area contributed by atoms with Crippen LogP contribution in [0, 0.1) is 11.6 Å². The molecular formula is C17H11F2NO4S. The minimum absolute atomic E-state index is 0.000749. The Labute approximate surface area is 141 Å². The molecule has 0 aliphatic carbocycles. The summed E-state index contributed by atoms with van der Waals surface area (Å²) in [6.45, 7) is 0. The Morgan fingerprint density at radius 3 is 2.32 bits per heavy atom. The number of rotatable bonds is 3. The van der Waals surface area contributed by atoms with Crippen molar-refractivity contribution in [3.8, 4) is 22.8 Å². The summed E-state index contributed by atoms with van der Waals surface area (Å²) in [6.07, 6.45) is 0. The molecule has 0 spiro atoms. The van der Waals surface area contributed by atoms with Crippen molar-refractivity contribution in [2.75, 3.05) is 0 Å². The lowest BCUT2D eigenvalue weighted by Crippen LogP contribution is -2.05. The Kier molecular flexibility index (Phi) is 4.13. The average molecular weight is 363 g/mol. The Hall–Kier alpha value is -3.00. The molecule has 0 saturated heterocycles. The van der Waals surface area contributed by atoms with E-state index in [-0.39, 0.29) is 16.2 Å². The van der Waals surface area contributed by atoms with Crippen molar-refractivity contribution in [2.24, 2.45) is 0 Å². The van der Waals surface area contributed by atoms with Crippen molar-refractivity contribution in [3.63, 3.8) is 0 Å². The first-order valence-corrected chi connectivity index (χ1v) is 8.47. The van der Waals surface area contributed by atoms with E-state index in [1.165, 1.54) is 30.3 Å². The van der Waals surface area contributed by atoms with Crippen LogP contribution in [0.5, 0.6) is 11.5 Å². The number of pyridine rings is 1. The predicted octanol–water partition coefficient (Wildman–Crippen LogP) is 3.27. The molecule has 2 aromatic carbocycles. The molecule has 2 N–H and O–H groups in total. The van der Waals surface area contributed by atoms with Gasteiger partial charge in [-0.25, -0.2) is 22.2 Å². The molecular weight excluding hydrogens is 352 g/mol. The van der Waals surface area contributed by atoms with Gasteiger partial charge in [-0.3, -0.25) is 0 Å². The van der Waals surface area contributed by atoms with Crippen LogP contribution in [-0.4, -0.2) is 23.6 Å². The van der Waals surface area contributed by atoms with Crippen molar-refractivity contribution in [1.82, 2.24) is 4.98 Å². The van der Waals surface area contributed by atoms with Crippen molar-refractivity contribution < 1.29 is 27.4 Å². The van der Waals surface area contributed by atoms with E-state index in [1.807, 2.05) is 0 Å². The Morgan fingerprint density at radius 2 is 1.60 bits per heavy atom. The monoisotopic (exact) mass is 363 g/mol. The van der Waals surface area contributed by atoms with Crippen LogP contribution >= 0.6 is 0 Å². The number of phenolic OH excluding ortho intramolecular Hbond substituents is 2. The molecule has 5 nitrogen and oxygen atoms in total. The first-order chi connectivity index (χ1) is 11.8. The lowest BCUT2D eigenvalue weighted by Gasteiger charge is -2.08. The van der Waals surface area contributed by atoms with Crippen LogP contribution in [-0.2, 0) is 9.84 Å².